The Morgan fingerprint density at radius 2 is 1.48 bits per heavy atom. The molecule has 0 aromatic heterocycles. The molecule has 0 fully saturated rings. The van der Waals surface area contributed by atoms with Crippen LogP contribution in [0.1, 0.15) is 70.6 Å². The Morgan fingerprint density at radius 3 is 2.00 bits per heavy atom. The van der Waals surface area contributed by atoms with Gasteiger partial charge in [0.05, 0.1) is 0 Å². The van der Waals surface area contributed by atoms with Crippen molar-refractivity contribution in [3.8, 4) is 0 Å². The van der Waals surface area contributed by atoms with Gasteiger partial charge in [-0.05, 0) is 68.9 Å². The monoisotopic (exact) mass is 486 g/mol. The zero-order valence-corrected chi connectivity index (χ0v) is 21.1. The molecule has 0 saturated heterocycles. The number of benzene rings is 2. The third-order valence-electron chi connectivity index (χ3n) is 5.21. The first-order valence-corrected chi connectivity index (χ1v) is 11.7. The number of halogens is 1. The maximum atomic E-state index is 13.2. The number of rotatable bonds is 8. The number of hydrogen-bond acceptors (Lipinski definition) is 2. The first-order valence-electron chi connectivity index (χ1n) is 10.9. The summed E-state index contributed by atoms with van der Waals surface area (Å²) in [6.45, 7) is 12.4. The molecule has 0 saturated carbocycles. The summed E-state index contributed by atoms with van der Waals surface area (Å²) in [5, 5.41) is 3.00. The van der Waals surface area contributed by atoms with Gasteiger partial charge in [0.15, 0.2) is 0 Å². The molecule has 0 bridgehead atoms. The Bertz CT molecular complexity index is 868. The first-order chi connectivity index (χ1) is 14.5. The summed E-state index contributed by atoms with van der Waals surface area (Å²) >= 11 is 3.45. The number of carbonyl (C=O) groups excluding carboxylic acids is 2. The normalized spacial score (nSPS) is 12.5. The van der Waals surface area contributed by atoms with Crippen molar-refractivity contribution in [2.45, 2.75) is 78.4 Å². The van der Waals surface area contributed by atoms with E-state index in [9.17, 15) is 9.59 Å². The summed E-state index contributed by atoms with van der Waals surface area (Å²) < 4.78 is 0.984. The molecule has 1 N–H and O–H groups in total. The fraction of sp³-hybridized carbons (Fsp3) is 0.462. The quantitative estimate of drug-likeness (QED) is 0.509. The lowest BCUT2D eigenvalue weighted by Crippen LogP contribution is -2.52. The highest BCUT2D eigenvalue weighted by Crippen LogP contribution is 2.18. The molecule has 0 aliphatic heterocycles. The molecule has 0 radical (unpaired) electrons. The summed E-state index contributed by atoms with van der Waals surface area (Å²) in [7, 11) is 0. The van der Waals surface area contributed by atoms with Crippen molar-refractivity contribution in [3.63, 3.8) is 0 Å². The van der Waals surface area contributed by atoms with Crippen LogP contribution in [-0.2, 0) is 22.6 Å². The number of nitrogens with zero attached hydrogens (tertiary/aromatic N) is 1. The average Bonchev–Trinajstić information content (AvgIpc) is 2.70. The molecule has 31 heavy (non-hydrogen) atoms. The largest absolute Gasteiger partial charge is 0.350 e. The van der Waals surface area contributed by atoms with Gasteiger partial charge in [-0.1, -0.05) is 66.2 Å². The second-order valence-electron chi connectivity index (χ2n) is 9.46. The molecule has 1 unspecified atom stereocenters. The van der Waals surface area contributed by atoms with Gasteiger partial charge >= 0.3 is 0 Å². The standard InChI is InChI=1S/C26H35BrN2O2/c1-18(2)22-12-7-20(8-13-22)11-16-24(30)29(17-21-9-14-23(27)15-10-21)19(3)25(31)28-26(4,5)6/h7-10,12-15,18-19H,11,16-17H2,1-6H3,(H,28,31). The molecule has 0 spiro atoms. The number of carbonyl (C=O) groups is 2. The van der Waals surface area contributed by atoms with Gasteiger partial charge in [-0.25, -0.2) is 0 Å². The molecule has 0 heterocycles. The topological polar surface area (TPSA) is 49.4 Å². The number of nitrogens with one attached hydrogen (secondary N) is 1. The van der Waals surface area contributed by atoms with Gasteiger partial charge in [0, 0.05) is 23.0 Å². The fourth-order valence-corrected chi connectivity index (χ4v) is 3.57. The third-order valence-corrected chi connectivity index (χ3v) is 5.73. The van der Waals surface area contributed by atoms with Crippen LogP contribution in [0.2, 0.25) is 0 Å². The van der Waals surface area contributed by atoms with Crippen LogP contribution in [-0.4, -0.2) is 28.3 Å². The van der Waals surface area contributed by atoms with Crippen LogP contribution in [0, 0.1) is 0 Å². The van der Waals surface area contributed by atoms with Gasteiger partial charge < -0.3 is 10.2 Å². The van der Waals surface area contributed by atoms with Crippen LogP contribution in [0.5, 0.6) is 0 Å². The predicted molar refractivity (Wildman–Crippen MR) is 131 cm³/mol. The first kappa shape index (κ1) is 25.1. The van der Waals surface area contributed by atoms with Crippen LogP contribution < -0.4 is 5.32 Å². The number of amides is 2. The molecule has 5 heteroatoms. The summed E-state index contributed by atoms with van der Waals surface area (Å²) in [6, 6.07) is 15.7. The van der Waals surface area contributed by atoms with E-state index in [2.05, 4.69) is 59.4 Å². The Kier molecular flexibility index (Phi) is 8.87. The van der Waals surface area contributed by atoms with E-state index >= 15 is 0 Å². The van der Waals surface area contributed by atoms with E-state index in [0.717, 1.165) is 15.6 Å². The van der Waals surface area contributed by atoms with Crippen molar-refractivity contribution in [1.29, 1.82) is 0 Å². The van der Waals surface area contributed by atoms with Gasteiger partial charge in [-0.15, -0.1) is 0 Å². The molecular weight excluding hydrogens is 452 g/mol. The van der Waals surface area contributed by atoms with Crippen molar-refractivity contribution in [3.05, 3.63) is 69.7 Å². The minimum absolute atomic E-state index is 0.0209. The smallest absolute Gasteiger partial charge is 0.242 e. The second kappa shape index (κ2) is 10.9. The maximum absolute atomic E-state index is 13.2. The zero-order valence-electron chi connectivity index (χ0n) is 19.5. The molecule has 2 rings (SSSR count). The van der Waals surface area contributed by atoms with E-state index in [1.165, 1.54) is 5.56 Å². The van der Waals surface area contributed by atoms with Gasteiger partial charge in [0.2, 0.25) is 11.8 Å². The van der Waals surface area contributed by atoms with E-state index in [1.54, 1.807) is 11.8 Å². The van der Waals surface area contributed by atoms with E-state index in [4.69, 9.17) is 0 Å². The van der Waals surface area contributed by atoms with E-state index in [0.29, 0.717) is 25.3 Å². The lowest BCUT2D eigenvalue weighted by molar-refractivity contribution is -0.141. The predicted octanol–water partition coefficient (Wildman–Crippen LogP) is 5.84. The van der Waals surface area contributed by atoms with Gasteiger partial charge in [0.25, 0.3) is 0 Å². The second-order valence-corrected chi connectivity index (χ2v) is 10.4. The van der Waals surface area contributed by atoms with Crippen LogP contribution >= 0.6 is 15.9 Å². The van der Waals surface area contributed by atoms with Crippen LogP contribution in [0.15, 0.2) is 53.0 Å². The van der Waals surface area contributed by atoms with Crippen LogP contribution in [0.3, 0.4) is 0 Å². The molecule has 2 aromatic rings. The molecular formula is C26H35BrN2O2. The van der Waals surface area contributed by atoms with Crippen molar-refractivity contribution in [2.75, 3.05) is 0 Å². The lowest BCUT2D eigenvalue weighted by atomic mass is 10.00. The molecule has 0 aliphatic rings. The molecule has 4 nitrogen and oxygen atoms in total. The summed E-state index contributed by atoms with van der Waals surface area (Å²) in [6.07, 6.45) is 1.02. The highest BCUT2D eigenvalue weighted by atomic mass is 79.9. The minimum Gasteiger partial charge on any atom is -0.350 e. The van der Waals surface area contributed by atoms with Crippen LogP contribution in [0.25, 0.3) is 0 Å². The van der Waals surface area contributed by atoms with Gasteiger partial charge in [-0.3, -0.25) is 9.59 Å². The van der Waals surface area contributed by atoms with Crippen molar-refractivity contribution >= 4 is 27.7 Å². The molecule has 2 amide bonds. The summed E-state index contributed by atoms with van der Waals surface area (Å²) in [4.78, 5) is 27.7. The van der Waals surface area contributed by atoms with E-state index < -0.39 is 6.04 Å². The number of hydrogen-bond donors (Lipinski definition) is 1. The summed E-state index contributed by atoms with van der Waals surface area (Å²) in [5.41, 5.74) is 3.07. The Morgan fingerprint density at radius 1 is 0.935 bits per heavy atom. The van der Waals surface area contributed by atoms with Crippen LogP contribution in [0.4, 0.5) is 0 Å². The highest BCUT2D eigenvalue weighted by Gasteiger charge is 2.28. The van der Waals surface area contributed by atoms with Crippen molar-refractivity contribution in [1.82, 2.24) is 10.2 Å². The highest BCUT2D eigenvalue weighted by molar-refractivity contribution is 9.10. The van der Waals surface area contributed by atoms with Crippen molar-refractivity contribution < 1.29 is 9.59 Å². The minimum atomic E-state index is -0.557. The third kappa shape index (κ3) is 8.13. The van der Waals surface area contributed by atoms with E-state index in [-0.39, 0.29) is 17.4 Å². The Labute approximate surface area is 195 Å². The summed E-state index contributed by atoms with van der Waals surface area (Å²) in [5.74, 6) is 0.325. The fourth-order valence-electron chi connectivity index (χ4n) is 3.31. The Balaban J connectivity index is 2.14. The molecule has 0 aliphatic carbocycles. The number of aryl methyl sites for hydroxylation is 1. The zero-order chi connectivity index (χ0) is 23.2. The molecule has 168 valence electrons. The SMILES string of the molecule is CC(C)c1ccc(CCC(=O)N(Cc2ccc(Br)cc2)C(C)C(=O)NC(C)(C)C)cc1. The van der Waals surface area contributed by atoms with Gasteiger partial charge in [0.1, 0.15) is 6.04 Å². The lowest BCUT2D eigenvalue weighted by Gasteiger charge is -2.31. The maximum Gasteiger partial charge on any atom is 0.242 e. The molecule has 2 aromatic carbocycles. The van der Waals surface area contributed by atoms with Gasteiger partial charge in [-0.2, -0.15) is 0 Å². The molecule has 1 atom stereocenters. The average molecular weight is 487 g/mol. The Hall–Kier alpha value is -2.14. The van der Waals surface area contributed by atoms with E-state index in [1.807, 2.05) is 45.0 Å². The van der Waals surface area contributed by atoms with Crippen molar-refractivity contribution in [2.24, 2.45) is 0 Å².